The number of anilines is 3. The number of aromatic nitrogens is 2. The Kier molecular flexibility index (Phi) is 5.53. The van der Waals surface area contributed by atoms with Crippen LogP contribution in [0.5, 0.6) is 0 Å². The first-order chi connectivity index (χ1) is 12.0. The van der Waals surface area contributed by atoms with Gasteiger partial charge in [0.25, 0.3) is 0 Å². The predicted molar refractivity (Wildman–Crippen MR) is 105 cm³/mol. The van der Waals surface area contributed by atoms with Crippen LogP contribution in [-0.2, 0) is 0 Å². The SMILES string of the molecule is Cc1cccc(C)c1Nc1cc(C2CC2)nc(NCCCN(C)C)n1. The standard InChI is InChI=1S/C20H29N5/c1-14-7-5-8-15(2)19(14)23-18-13-17(16-9-10-16)22-20(24-18)21-11-6-12-25(3)4/h5,7-8,13,16H,6,9-12H2,1-4H3,(H2,21,22,23,24). The lowest BCUT2D eigenvalue weighted by molar-refractivity contribution is 0.405. The van der Waals surface area contributed by atoms with Gasteiger partial charge in [0.2, 0.25) is 5.95 Å². The fourth-order valence-electron chi connectivity index (χ4n) is 2.93. The minimum absolute atomic E-state index is 0.601. The molecule has 0 aliphatic heterocycles. The molecular weight excluding hydrogens is 310 g/mol. The number of rotatable bonds is 8. The van der Waals surface area contributed by atoms with Gasteiger partial charge in [-0.25, -0.2) is 4.98 Å². The van der Waals surface area contributed by atoms with E-state index in [0.717, 1.165) is 42.7 Å². The van der Waals surface area contributed by atoms with Crippen molar-refractivity contribution in [2.75, 3.05) is 37.8 Å². The zero-order valence-corrected chi connectivity index (χ0v) is 15.8. The number of nitrogens with zero attached hydrogens (tertiary/aromatic N) is 3. The van der Waals surface area contributed by atoms with Crippen LogP contribution in [0.4, 0.5) is 17.5 Å². The molecule has 1 heterocycles. The second-order valence-electron chi connectivity index (χ2n) is 7.25. The lowest BCUT2D eigenvalue weighted by atomic mass is 10.1. The van der Waals surface area contributed by atoms with E-state index in [1.54, 1.807) is 0 Å². The molecule has 0 bridgehead atoms. The third-order valence-corrected chi connectivity index (χ3v) is 4.54. The first-order valence-electron chi connectivity index (χ1n) is 9.14. The van der Waals surface area contributed by atoms with Crippen LogP contribution in [0.3, 0.4) is 0 Å². The van der Waals surface area contributed by atoms with Crippen molar-refractivity contribution in [3.05, 3.63) is 41.1 Å². The molecule has 2 aromatic rings. The van der Waals surface area contributed by atoms with Gasteiger partial charge in [-0.2, -0.15) is 4.98 Å². The largest absolute Gasteiger partial charge is 0.354 e. The molecule has 5 nitrogen and oxygen atoms in total. The van der Waals surface area contributed by atoms with Crippen molar-refractivity contribution >= 4 is 17.5 Å². The smallest absolute Gasteiger partial charge is 0.224 e. The molecule has 0 radical (unpaired) electrons. The fraction of sp³-hybridized carbons (Fsp3) is 0.500. The average molecular weight is 339 g/mol. The van der Waals surface area contributed by atoms with E-state index in [2.05, 4.69) is 67.7 Å². The van der Waals surface area contributed by atoms with Crippen LogP contribution in [0.2, 0.25) is 0 Å². The van der Waals surface area contributed by atoms with Gasteiger partial charge in [-0.15, -0.1) is 0 Å². The number of benzene rings is 1. The predicted octanol–water partition coefficient (Wildman–Crippen LogP) is 4.08. The van der Waals surface area contributed by atoms with E-state index < -0.39 is 0 Å². The van der Waals surface area contributed by atoms with E-state index in [0.29, 0.717) is 5.92 Å². The summed E-state index contributed by atoms with van der Waals surface area (Å²) in [6.07, 6.45) is 3.55. The summed E-state index contributed by atoms with van der Waals surface area (Å²) in [6.45, 7) is 6.19. The molecule has 1 aromatic heterocycles. The summed E-state index contributed by atoms with van der Waals surface area (Å²) in [5, 5.41) is 6.90. The maximum Gasteiger partial charge on any atom is 0.224 e. The number of para-hydroxylation sites is 1. The zero-order chi connectivity index (χ0) is 17.8. The van der Waals surface area contributed by atoms with Crippen LogP contribution in [-0.4, -0.2) is 42.1 Å². The van der Waals surface area contributed by atoms with Crippen molar-refractivity contribution in [3.63, 3.8) is 0 Å². The van der Waals surface area contributed by atoms with Crippen LogP contribution in [0.25, 0.3) is 0 Å². The van der Waals surface area contributed by atoms with Crippen molar-refractivity contribution in [3.8, 4) is 0 Å². The van der Waals surface area contributed by atoms with Gasteiger partial charge >= 0.3 is 0 Å². The third kappa shape index (κ3) is 4.92. The molecule has 1 saturated carbocycles. The van der Waals surface area contributed by atoms with Gasteiger partial charge in [0, 0.05) is 24.2 Å². The van der Waals surface area contributed by atoms with Crippen LogP contribution in [0.1, 0.15) is 42.0 Å². The van der Waals surface area contributed by atoms with Gasteiger partial charge in [0.15, 0.2) is 0 Å². The molecule has 1 aliphatic carbocycles. The van der Waals surface area contributed by atoms with Crippen LogP contribution >= 0.6 is 0 Å². The van der Waals surface area contributed by atoms with E-state index in [1.807, 2.05) is 0 Å². The normalized spacial score (nSPS) is 14.0. The Morgan fingerprint density at radius 1 is 1.12 bits per heavy atom. The Labute approximate surface area is 150 Å². The summed E-state index contributed by atoms with van der Waals surface area (Å²) < 4.78 is 0. The Morgan fingerprint density at radius 3 is 2.48 bits per heavy atom. The first kappa shape index (κ1) is 17.7. The number of hydrogen-bond donors (Lipinski definition) is 2. The minimum atomic E-state index is 0.601. The van der Waals surface area contributed by atoms with Gasteiger partial charge in [-0.1, -0.05) is 18.2 Å². The van der Waals surface area contributed by atoms with E-state index in [1.165, 1.54) is 24.0 Å². The molecule has 0 amide bonds. The van der Waals surface area contributed by atoms with E-state index in [4.69, 9.17) is 9.97 Å². The molecule has 1 aliphatic rings. The molecule has 0 atom stereocenters. The Hall–Kier alpha value is -2.14. The highest BCUT2D eigenvalue weighted by Gasteiger charge is 2.26. The van der Waals surface area contributed by atoms with Crippen LogP contribution < -0.4 is 10.6 Å². The quantitative estimate of drug-likeness (QED) is 0.710. The topological polar surface area (TPSA) is 53.1 Å². The molecule has 134 valence electrons. The number of hydrogen-bond acceptors (Lipinski definition) is 5. The second kappa shape index (κ2) is 7.83. The molecule has 1 aromatic carbocycles. The molecule has 2 N–H and O–H groups in total. The van der Waals surface area contributed by atoms with Crippen molar-refractivity contribution in [2.45, 2.75) is 39.0 Å². The Bertz CT molecular complexity index is 702. The molecule has 3 rings (SSSR count). The first-order valence-corrected chi connectivity index (χ1v) is 9.14. The monoisotopic (exact) mass is 339 g/mol. The number of nitrogens with one attached hydrogen (secondary N) is 2. The zero-order valence-electron chi connectivity index (χ0n) is 15.8. The van der Waals surface area contributed by atoms with Gasteiger partial charge in [0.1, 0.15) is 5.82 Å². The molecule has 0 spiro atoms. The summed E-state index contributed by atoms with van der Waals surface area (Å²) in [5.74, 6) is 2.21. The highest BCUT2D eigenvalue weighted by molar-refractivity contribution is 5.65. The van der Waals surface area contributed by atoms with E-state index >= 15 is 0 Å². The van der Waals surface area contributed by atoms with Crippen molar-refractivity contribution in [2.24, 2.45) is 0 Å². The van der Waals surface area contributed by atoms with Gasteiger partial charge in [0.05, 0.1) is 5.69 Å². The lowest BCUT2D eigenvalue weighted by Crippen LogP contribution is -2.17. The van der Waals surface area contributed by atoms with Crippen molar-refractivity contribution < 1.29 is 0 Å². The van der Waals surface area contributed by atoms with Crippen LogP contribution in [0.15, 0.2) is 24.3 Å². The lowest BCUT2D eigenvalue weighted by Gasteiger charge is -2.15. The van der Waals surface area contributed by atoms with E-state index in [9.17, 15) is 0 Å². The Balaban J connectivity index is 1.76. The summed E-state index contributed by atoms with van der Waals surface area (Å²) in [5.41, 5.74) is 4.75. The molecular formula is C20H29N5. The minimum Gasteiger partial charge on any atom is -0.354 e. The van der Waals surface area contributed by atoms with Crippen molar-refractivity contribution in [1.29, 1.82) is 0 Å². The fourth-order valence-corrected chi connectivity index (χ4v) is 2.93. The highest BCUT2D eigenvalue weighted by atomic mass is 15.1. The van der Waals surface area contributed by atoms with E-state index in [-0.39, 0.29) is 0 Å². The average Bonchev–Trinajstić information content (AvgIpc) is 3.40. The Morgan fingerprint density at radius 2 is 1.84 bits per heavy atom. The molecule has 0 unspecified atom stereocenters. The summed E-state index contributed by atoms with van der Waals surface area (Å²) in [7, 11) is 4.19. The van der Waals surface area contributed by atoms with Gasteiger partial charge in [-0.3, -0.25) is 0 Å². The molecule has 25 heavy (non-hydrogen) atoms. The van der Waals surface area contributed by atoms with Crippen molar-refractivity contribution in [1.82, 2.24) is 14.9 Å². The molecule has 1 fully saturated rings. The summed E-state index contributed by atoms with van der Waals surface area (Å²) in [4.78, 5) is 11.6. The molecule has 5 heteroatoms. The highest BCUT2D eigenvalue weighted by Crippen LogP contribution is 2.40. The maximum atomic E-state index is 4.72. The summed E-state index contributed by atoms with van der Waals surface area (Å²) in [6, 6.07) is 8.44. The van der Waals surface area contributed by atoms with Crippen LogP contribution in [0, 0.1) is 13.8 Å². The third-order valence-electron chi connectivity index (χ3n) is 4.54. The summed E-state index contributed by atoms with van der Waals surface area (Å²) >= 11 is 0. The van der Waals surface area contributed by atoms with Gasteiger partial charge < -0.3 is 15.5 Å². The molecule has 0 saturated heterocycles. The number of aryl methyl sites for hydroxylation is 2. The maximum absolute atomic E-state index is 4.72. The second-order valence-corrected chi connectivity index (χ2v) is 7.25. The van der Waals surface area contributed by atoms with Gasteiger partial charge in [-0.05, 0) is 64.9 Å².